The fourth-order valence-electron chi connectivity index (χ4n) is 3.30. The van der Waals surface area contributed by atoms with Gasteiger partial charge in [0.2, 0.25) is 0 Å². The Morgan fingerprint density at radius 1 is 1.15 bits per heavy atom. The molecule has 1 aliphatic rings. The first-order valence-corrected chi connectivity index (χ1v) is 9.47. The van der Waals surface area contributed by atoms with E-state index in [4.69, 9.17) is 4.74 Å². The molecule has 1 aliphatic heterocycles. The molecule has 4 nitrogen and oxygen atoms in total. The highest BCUT2D eigenvalue weighted by atomic mass is 16.5. The van der Waals surface area contributed by atoms with Gasteiger partial charge in [-0.1, -0.05) is 48.0 Å². The van der Waals surface area contributed by atoms with E-state index in [9.17, 15) is 4.79 Å². The lowest BCUT2D eigenvalue weighted by molar-refractivity contribution is 0.205. The van der Waals surface area contributed by atoms with E-state index in [0.29, 0.717) is 19.1 Å². The second-order valence-corrected chi connectivity index (χ2v) is 7.02. The van der Waals surface area contributed by atoms with Crippen LogP contribution in [0.25, 0.3) is 0 Å². The van der Waals surface area contributed by atoms with Gasteiger partial charge in [0.1, 0.15) is 5.75 Å². The lowest BCUT2D eigenvalue weighted by Crippen LogP contribution is -2.39. The Kier molecular flexibility index (Phi) is 6.53. The smallest absolute Gasteiger partial charge is 0.317 e. The molecule has 0 saturated carbocycles. The molecule has 3 rings (SSSR count). The second-order valence-electron chi connectivity index (χ2n) is 7.02. The molecular weight excluding hydrogens is 324 g/mol. The molecule has 26 heavy (non-hydrogen) atoms. The maximum Gasteiger partial charge on any atom is 0.317 e. The molecule has 1 saturated heterocycles. The molecule has 1 atom stereocenters. The van der Waals surface area contributed by atoms with Crippen LogP contribution < -0.4 is 10.1 Å². The van der Waals surface area contributed by atoms with Crippen molar-refractivity contribution in [2.45, 2.75) is 26.2 Å². The summed E-state index contributed by atoms with van der Waals surface area (Å²) in [6.45, 7) is 5.13. The summed E-state index contributed by atoms with van der Waals surface area (Å²) in [5, 5.41) is 3.04. The van der Waals surface area contributed by atoms with Crippen LogP contribution in [0.1, 0.15) is 24.0 Å². The van der Waals surface area contributed by atoms with Crippen molar-refractivity contribution in [1.29, 1.82) is 0 Å². The molecule has 2 aromatic rings. The molecule has 1 heterocycles. The van der Waals surface area contributed by atoms with E-state index in [1.165, 1.54) is 11.1 Å². The van der Waals surface area contributed by atoms with E-state index in [2.05, 4.69) is 36.5 Å². The average Bonchev–Trinajstić information content (AvgIpc) is 3.13. The summed E-state index contributed by atoms with van der Waals surface area (Å²) in [6, 6.07) is 18.4. The number of benzene rings is 2. The normalized spacial score (nSPS) is 16.5. The summed E-state index contributed by atoms with van der Waals surface area (Å²) in [7, 11) is 0. The Labute approximate surface area is 156 Å². The third-order valence-corrected chi connectivity index (χ3v) is 4.92. The molecule has 1 N–H and O–H groups in total. The summed E-state index contributed by atoms with van der Waals surface area (Å²) >= 11 is 0. The lowest BCUT2D eigenvalue weighted by Gasteiger charge is -2.17. The van der Waals surface area contributed by atoms with Crippen LogP contribution in [0.3, 0.4) is 0 Å². The topological polar surface area (TPSA) is 41.6 Å². The zero-order valence-electron chi connectivity index (χ0n) is 15.5. The Hall–Kier alpha value is -2.49. The SMILES string of the molecule is Cc1ccc(OCCC2CCN(C(=O)NCCc3ccccc3)C2)cc1. The number of likely N-dealkylation sites (tertiary alicyclic amines) is 1. The molecule has 0 aromatic heterocycles. The van der Waals surface area contributed by atoms with Gasteiger partial charge in [-0.05, 0) is 49.8 Å². The van der Waals surface area contributed by atoms with Crippen molar-refractivity contribution in [2.75, 3.05) is 26.2 Å². The van der Waals surface area contributed by atoms with E-state index in [-0.39, 0.29) is 6.03 Å². The summed E-state index contributed by atoms with van der Waals surface area (Å²) in [6.07, 6.45) is 2.92. The lowest BCUT2D eigenvalue weighted by atomic mass is 10.1. The maximum atomic E-state index is 12.3. The largest absolute Gasteiger partial charge is 0.494 e. The van der Waals surface area contributed by atoms with Crippen molar-refractivity contribution < 1.29 is 9.53 Å². The second kappa shape index (κ2) is 9.27. The van der Waals surface area contributed by atoms with Gasteiger partial charge in [-0.2, -0.15) is 0 Å². The predicted molar refractivity (Wildman–Crippen MR) is 105 cm³/mol. The number of aryl methyl sites for hydroxylation is 1. The van der Waals surface area contributed by atoms with Crippen LogP contribution in [-0.4, -0.2) is 37.2 Å². The fraction of sp³-hybridized carbons (Fsp3) is 0.409. The van der Waals surface area contributed by atoms with E-state index >= 15 is 0 Å². The predicted octanol–water partition coefficient (Wildman–Crippen LogP) is 4.04. The van der Waals surface area contributed by atoms with Gasteiger partial charge in [-0.3, -0.25) is 0 Å². The summed E-state index contributed by atoms with van der Waals surface area (Å²) in [4.78, 5) is 14.2. The maximum absolute atomic E-state index is 12.3. The van der Waals surface area contributed by atoms with Gasteiger partial charge in [0.05, 0.1) is 6.61 Å². The molecule has 0 radical (unpaired) electrons. The minimum atomic E-state index is 0.0582. The quantitative estimate of drug-likeness (QED) is 0.817. The van der Waals surface area contributed by atoms with E-state index < -0.39 is 0 Å². The van der Waals surface area contributed by atoms with Gasteiger partial charge in [0, 0.05) is 19.6 Å². The third kappa shape index (κ3) is 5.51. The van der Waals surface area contributed by atoms with Crippen LogP contribution in [0, 0.1) is 12.8 Å². The Bertz CT molecular complexity index is 685. The highest BCUT2D eigenvalue weighted by Gasteiger charge is 2.25. The number of hydrogen-bond donors (Lipinski definition) is 1. The monoisotopic (exact) mass is 352 g/mol. The molecule has 0 aliphatic carbocycles. The van der Waals surface area contributed by atoms with Crippen LogP contribution >= 0.6 is 0 Å². The molecule has 0 bridgehead atoms. The first kappa shape index (κ1) is 18.3. The van der Waals surface area contributed by atoms with Crippen molar-refractivity contribution in [2.24, 2.45) is 5.92 Å². The number of hydrogen-bond acceptors (Lipinski definition) is 2. The van der Waals surface area contributed by atoms with E-state index in [1.54, 1.807) is 0 Å². The molecular formula is C22H28N2O2. The summed E-state index contributed by atoms with van der Waals surface area (Å²) in [5.41, 5.74) is 2.49. The number of carbonyl (C=O) groups excluding carboxylic acids is 1. The van der Waals surface area contributed by atoms with Crippen molar-refractivity contribution in [3.05, 3.63) is 65.7 Å². The first-order chi connectivity index (χ1) is 12.7. The number of nitrogens with one attached hydrogen (secondary N) is 1. The minimum absolute atomic E-state index is 0.0582. The third-order valence-electron chi connectivity index (χ3n) is 4.92. The Morgan fingerprint density at radius 2 is 1.92 bits per heavy atom. The highest BCUT2D eigenvalue weighted by molar-refractivity contribution is 5.74. The van der Waals surface area contributed by atoms with Crippen molar-refractivity contribution in [3.8, 4) is 5.75 Å². The molecule has 4 heteroatoms. The van der Waals surface area contributed by atoms with Gasteiger partial charge in [-0.15, -0.1) is 0 Å². The Morgan fingerprint density at radius 3 is 2.69 bits per heavy atom. The van der Waals surface area contributed by atoms with Gasteiger partial charge in [0.15, 0.2) is 0 Å². The molecule has 2 aromatic carbocycles. The van der Waals surface area contributed by atoms with E-state index in [1.807, 2.05) is 35.2 Å². The van der Waals surface area contributed by atoms with Gasteiger partial charge >= 0.3 is 6.03 Å². The standard InChI is InChI=1S/C22H28N2O2/c1-18-7-9-21(10-8-18)26-16-13-20-12-15-24(17-20)22(25)23-14-11-19-5-3-2-4-6-19/h2-10,20H,11-17H2,1H3,(H,23,25). The summed E-state index contributed by atoms with van der Waals surface area (Å²) in [5.74, 6) is 1.45. The van der Waals surface area contributed by atoms with Crippen molar-refractivity contribution in [1.82, 2.24) is 10.2 Å². The van der Waals surface area contributed by atoms with Crippen LogP contribution in [-0.2, 0) is 6.42 Å². The molecule has 1 fully saturated rings. The molecule has 1 unspecified atom stereocenters. The number of nitrogens with zero attached hydrogens (tertiary/aromatic N) is 1. The molecule has 138 valence electrons. The first-order valence-electron chi connectivity index (χ1n) is 9.47. The highest BCUT2D eigenvalue weighted by Crippen LogP contribution is 2.20. The van der Waals surface area contributed by atoms with Crippen LogP contribution in [0.5, 0.6) is 5.75 Å². The van der Waals surface area contributed by atoms with Gasteiger partial charge < -0.3 is 15.0 Å². The number of urea groups is 1. The summed E-state index contributed by atoms with van der Waals surface area (Å²) < 4.78 is 5.81. The zero-order chi connectivity index (χ0) is 18.2. The van der Waals surface area contributed by atoms with E-state index in [0.717, 1.165) is 38.1 Å². The van der Waals surface area contributed by atoms with Crippen LogP contribution in [0.2, 0.25) is 0 Å². The van der Waals surface area contributed by atoms with Gasteiger partial charge in [0.25, 0.3) is 0 Å². The minimum Gasteiger partial charge on any atom is -0.494 e. The number of amides is 2. The van der Waals surface area contributed by atoms with Crippen LogP contribution in [0.15, 0.2) is 54.6 Å². The number of ether oxygens (including phenoxy) is 1. The van der Waals surface area contributed by atoms with Crippen LogP contribution in [0.4, 0.5) is 4.79 Å². The average molecular weight is 352 g/mol. The van der Waals surface area contributed by atoms with Crippen molar-refractivity contribution >= 4 is 6.03 Å². The zero-order valence-corrected chi connectivity index (χ0v) is 15.5. The molecule has 0 spiro atoms. The molecule has 2 amide bonds. The van der Waals surface area contributed by atoms with Crippen molar-refractivity contribution in [3.63, 3.8) is 0 Å². The fourth-order valence-corrected chi connectivity index (χ4v) is 3.30. The van der Waals surface area contributed by atoms with Gasteiger partial charge in [-0.25, -0.2) is 4.79 Å². The number of carbonyl (C=O) groups is 1. The Balaban J connectivity index is 1.32. The number of rotatable bonds is 7.